The molecule has 0 aromatic carbocycles. The van der Waals surface area contributed by atoms with Crippen LogP contribution in [0.15, 0.2) is 0 Å². The molecule has 0 fully saturated rings. The monoisotopic (exact) mass is 212 g/mol. The van der Waals surface area contributed by atoms with Crippen LogP contribution in [0.2, 0.25) is 0 Å². The number of halogens is 3. The van der Waals surface area contributed by atoms with Gasteiger partial charge in [0.05, 0.1) is 0 Å². The van der Waals surface area contributed by atoms with E-state index >= 15 is 0 Å². The van der Waals surface area contributed by atoms with Crippen molar-refractivity contribution < 1.29 is 23.1 Å². The fourth-order valence-electron chi connectivity index (χ4n) is 1.13. The summed E-state index contributed by atoms with van der Waals surface area (Å²) in [5.74, 6) is -0.847. The second kappa shape index (κ2) is 6.68. The van der Waals surface area contributed by atoms with E-state index in [2.05, 4.69) is 0 Å². The Hall–Kier alpha value is -0.740. The number of aliphatic carboxylic acids is 1. The van der Waals surface area contributed by atoms with Gasteiger partial charge in [0.25, 0.3) is 0 Å². The van der Waals surface area contributed by atoms with Crippen molar-refractivity contribution in [1.82, 2.24) is 0 Å². The number of carbonyl (C=O) groups is 1. The van der Waals surface area contributed by atoms with Crippen LogP contribution < -0.4 is 0 Å². The first-order valence-electron chi connectivity index (χ1n) is 4.70. The normalized spacial score (nSPS) is 11.6. The molecular weight excluding hydrogens is 197 g/mol. The second-order valence-electron chi connectivity index (χ2n) is 3.28. The summed E-state index contributed by atoms with van der Waals surface area (Å²) in [6, 6.07) is 0. The van der Waals surface area contributed by atoms with Crippen molar-refractivity contribution in [1.29, 1.82) is 0 Å². The van der Waals surface area contributed by atoms with Crippen molar-refractivity contribution in [3.63, 3.8) is 0 Å². The van der Waals surface area contributed by atoms with E-state index in [0.717, 1.165) is 0 Å². The molecule has 0 saturated heterocycles. The number of hydrogen-bond donors (Lipinski definition) is 1. The molecule has 84 valence electrons. The van der Waals surface area contributed by atoms with E-state index in [9.17, 15) is 18.0 Å². The Labute approximate surface area is 81.1 Å². The molecule has 0 saturated carbocycles. The molecule has 0 atom stereocenters. The molecule has 0 rings (SSSR count). The van der Waals surface area contributed by atoms with Crippen LogP contribution in [-0.4, -0.2) is 17.3 Å². The first-order chi connectivity index (χ1) is 6.42. The van der Waals surface area contributed by atoms with Gasteiger partial charge in [-0.05, 0) is 12.8 Å². The molecule has 0 heterocycles. The van der Waals surface area contributed by atoms with Gasteiger partial charge in [0.1, 0.15) is 0 Å². The molecule has 0 spiro atoms. The van der Waals surface area contributed by atoms with Gasteiger partial charge in [-0.15, -0.1) is 0 Å². The molecule has 2 nitrogen and oxygen atoms in total. The van der Waals surface area contributed by atoms with Gasteiger partial charge >= 0.3 is 12.1 Å². The highest BCUT2D eigenvalue weighted by atomic mass is 19.4. The van der Waals surface area contributed by atoms with Crippen LogP contribution in [0.3, 0.4) is 0 Å². The Morgan fingerprint density at radius 3 is 2.00 bits per heavy atom. The second-order valence-corrected chi connectivity index (χ2v) is 3.28. The van der Waals surface area contributed by atoms with Gasteiger partial charge in [-0.3, -0.25) is 4.79 Å². The number of alkyl halides is 3. The third kappa shape index (κ3) is 11.3. The fourth-order valence-corrected chi connectivity index (χ4v) is 1.13. The summed E-state index contributed by atoms with van der Waals surface area (Å²) in [6.07, 6.45) is -2.06. The minimum atomic E-state index is -4.05. The minimum Gasteiger partial charge on any atom is -0.481 e. The molecule has 0 aliphatic rings. The summed E-state index contributed by atoms with van der Waals surface area (Å²) in [4.78, 5) is 10.1. The predicted octanol–water partition coefficient (Wildman–Crippen LogP) is 3.36. The van der Waals surface area contributed by atoms with Crippen LogP contribution in [0, 0.1) is 0 Å². The van der Waals surface area contributed by atoms with Crippen molar-refractivity contribution in [2.75, 3.05) is 0 Å². The maximum absolute atomic E-state index is 11.7. The van der Waals surface area contributed by atoms with Crippen LogP contribution in [0.5, 0.6) is 0 Å². The van der Waals surface area contributed by atoms with E-state index < -0.39 is 18.6 Å². The Balaban J connectivity index is 3.11. The molecular formula is C9H15F3O2. The van der Waals surface area contributed by atoms with Gasteiger partial charge in [0.15, 0.2) is 0 Å². The molecule has 0 unspecified atom stereocenters. The average Bonchev–Trinajstić information content (AvgIpc) is 2.00. The first kappa shape index (κ1) is 13.3. The van der Waals surface area contributed by atoms with Crippen molar-refractivity contribution in [2.45, 2.75) is 51.1 Å². The van der Waals surface area contributed by atoms with E-state index in [1.54, 1.807) is 0 Å². The van der Waals surface area contributed by atoms with Crippen LogP contribution in [0.4, 0.5) is 13.2 Å². The zero-order valence-electron chi connectivity index (χ0n) is 7.94. The first-order valence-corrected chi connectivity index (χ1v) is 4.70. The summed E-state index contributed by atoms with van der Waals surface area (Å²) < 4.78 is 35.0. The molecule has 1 N–H and O–H groups in total. The van der Waals surface area contributed by atoms with Gasteiger partial charge < -0.3 is 5.11 Å². The smallest absolute Gasteiger partial charge is 0.389 e. The zero-order chi connectivity index (χ0) is 11.0. The standard InChI is InChI=1S/C9H15F3O2/c10-9(11,12)7-5-3-1-2-4-6-8(13)14/h1-7H2,(H,13,14). The molecule has 0 aliphatic heterocycles. The largest absolute Gasteiger partial charge is 0.481 e. The van der Waals surface area contributed by atoms with Gasteiger partial charge in [-0.1, -0.05) is 19.3 Å². The van der Waals surface area contributed by atoms with Gasteiger partial charge in [-0.2, -0.15) is 13.2 Å². The molecule has 0 aromatic rings. The van der Waals surface area contributed by atoms with E-state index in [0.29, 0.717) is 25.7 Å². The summed E-state index contributed by atoms with van der Waals surface area (Å²) in [6.45, 7) is 0. The van der Waals surface area contributed by atoms with Crippen molar-refractivity contribution in [3.05, 3.63) is 0 Å². The van der Waals surface area contributed by atoms with Crippen molar-refractivity contribution in [3.8, 4) is 0 Å². The molecule has 0 aliphatic carbocycles. The number of carboxylic acids is 1. The van der Waals surface area contributed by atoms with E-state index in [4.69, 9.17) is 5.11 Å². The van der Waals surface area contributed by atoms with Gasteiger partial charge in [0.2, 0.25) is 0 Å². The summed E-state index contributed by atoms with van der Waals surface area (Å²) in [5.41, 5.74) is 0. The van der Waals surface area contributed by atoms with E-state index in [-0.39, 0.29) is 12.8 Å². The minimum absolute atomic E-state index is 0.110. The van der Waals surface area contributed by atoms with E-state index in [1.165, 1.54) is 0 Å². The quantitative estimate of drug-likeness (QED) is 0.657. The van der Waals surface area contributed by atoms with Gasteiger partial charge in [0, 0.05) is 12.8 Å². The average molecular weight is 212 g/mol. The Morgan fingerprint density at radius 1 is 1.00 bits per heavy atom. The fraction of sp³-hybridized carbons (Fsp3) is 0.889. The third-order valence-electron chi connectivity index (χ3n) is 1.85. The van der Waals surface area contributed by atoms with Crippen LogP contribution in [-0.2, 0) is 4.79 Å². The van der Waals surface area contributed by atoms with E-state index in [1.807, 2.05) is 0 Å². The number of unbranched alkanes of at least 4 members (excludes halogenated alkanes) is 4. The Kier molecular flexibility index (Phi) is 6.32. The van der Waals surface area contributed by atoms with Gasteiger partial charge in [-0.25, -0.2) is 0 Å². The van der Waals surface area contributed by atoms with Crippen molar-refractivity contribution in [2.24, 2.45) is 0 Å². The summed E-state index contributed by atoms with van der Waals surface area (Å²) in [7, 11) is 0. The Morgan fingerprint density at radius 2 is 1.50 bits per heavy atom. The molecule has 5 heteroatoms. The molecule has 0 aromatic heterocycles. The summed E-state index contributed by atoms with van der Waals surface area (Å²) >= 11 is 0. The molecule has 0 amide bonds. The third-order valence-corrected chi connectivity index (χ3v) is 1.85. The number of hydrogen-bond acceptors (Lipinski definition) is 1. The molecule has 0 bridgehead atoms. The van der Waals surface area contributed by atoms with Crippen LogP contribution in [0.25, 0.3) is 0 Å². The lowest BCUT2D eigenvalue weighted by Gasteiger charge is -2.04. The van der Waals surface area contributed by atoms with Crippen LogP contribution in [0.1, 0.15) is 44.9 Å². The zero-order valence-corrected chi connectivity index (χ0v) is 7.94. The maximum atomic E-state index is 11.7. The topological polar surface area (TPSA) is 37.3 Å². The lowest BCUT2D eigenvalue weighted by atomic mass is 10.1. The highest BCUT2D eigenvalue weighted by Gasteiger charge is 2.25. The number of rotatable bonds is 7. The Bertz CT molecular complexity index is 166. The predicted molar refractivity (Wildman–Crippen MR) is 46.0 cm³/mol. The van der Waals surface area contributed by atoms with Crippen molar-refractivity contribution >= 4 is 5.97 Å². The highest BCUT2D eigenvalue weighted by Crippen LogP contribution is 2.23. The lowest BCUT2D eigenvalue weighted by molar-refractivity contribution is -0.137. The maximum Gasteiger partial charge on any atom is 0.389 e. The highest BCUT2D eigenvalue weighted by molar-refractivity contribution is 5.66. The SMILES string of the molecule is O=C(O)CCCCCCCC(F)(F)F. The molecule has 0 radical (unpaired) electrons. The summed E-state index contributed by atoms with van der Waals surface area (Å²) in [5, 5.41) is 8.27. The van der Waals surface area contributed by atoms with Crippen LogP contribution >= 0.6 is 0 Å². The molecule has 14 heavy (non-hydrogen) atoms. The lowest BCUT2D eigenvalue weighted by Crippen LogP contribution is -2.06. The number of carboxylic acid groups (broad SMARTS) is 1.